The molecule has 0 spiro atoms. The molecule has 1 aromatic heterocycles. The molecule has 1 aromatic rings. The molecule has 100 valence electrons. The van der Waals surface area contributed by atoms with Crippen molar-refractivity contribution < 1.29 is 24.4 Å². The molecule has 0 fully saturated rings. The summed E-state index contributed by atoms with van der Waals surface area (Å²) in [5.41, 5.74) is -1.01. The Kier molecular flexibility index (Phi) is 4.52. The number of aromatic carboxylic acids is 1. The van der Waals surface area contributed by atoms with Crippen molar-refractivity contribution in [1.29, 1.82) is 0 Å². The summed E-state index contributed by atoms with van der Waals surface area (Å²) in [7, 11) is 0. The van der Waals surface area contributed by atoms with Gasteiger partial charge in [0.05, 0.1) is 10.5 Å². The Morgan fingerprint density at radius 1 is 1.63 bits per heavy atom. The number of nitrogens with zero attached hydrogens (tertiary/aromatic N) is 2. The van der Waals surface area contributed by atoms with E-state index >= 15 is 0 Å². The van der Waals surface area contributed by atoms with Gasteiger partial charge in [-0.3, -0.25) is 15.4 Å². The summed E-state index contributed by atoms with van der Waals surface area (Å²) in [5, 5.41) is 21.5. The molecule has 19 heavy (non-hydrogen) atoms. The molecule has 0 saturated carbocycles. The average molecular weight is 267 g/mol. The molecule has 0 aliphatic rings. The summed E-state index contributed by atoms with van der Waals surface area (Å²) < 4.78 is 4.56. The molecule has 2 N–H and O–H groups in total. The summed E-state index contributed by atoms with van der Waals surface area (Å²) >= 11 is 0. The predicted octanol–water partition coefficient (Wildman–Crippen LogP) is 1.42. The van der Waals surface area contributed by atoms with Crippen LogP contribution in [0.2, 0.25) is 0 Å². The number of hydrogen-bond acceptors (Lipinski definition) is 6. The van der Waals surface area contributed by atoms with Crippen molar-refractivity contribution in [2.45, 2.75) is 0 Å². The van der Waals surface area contributed by atoms with Crippen LogP contribution in [0.5, 0.6) is 0 Å². The van der Waals surface area contributed by atoms with Gasteiger partial charge in [0, 0.05) is 12.3 Å². The fourth-order valence-corrected chi connectivity index (χ4v) is 1.07. The second-order valence-electron chi connectivity index (χ2n) is 3.17. The lowest BCUT2D eigenvalue weighted by Gasteiger charge is -2.05. The molecule has 0 aromatic carbocycles. The molecule has 0 atom stereocenters. The first-order chi connectivity index (χ1) is 8.95. The number of rotatable bonds is 5. The highest BCUT2D eigenvalue weighted by Gasteiger charge is 2.20. The van der Waals surface area contributed by atoms with E-state index in [9.17, 15) is 19.7 Å². The molecule has 0 saturated heterocycles. The van der Waals surface area contributed by atoms with E-state index in [1.54, 1.807) is 0 Å². The third-order valence-electron chi connectivity index (χ3n) is 1.86. The van der Waals surface area contributed by atoms with Gasteiger partial charge in [-0.25, -0.2) is 14.6 Å². The smallest absolute Gasteiger partial charge is 0.413 e. The van der Waals surface area contributed by atoms with Gasteiger partial charge in [0.25, 0.3) is 0 Å². The normalized spacial score (nSPS) is 9.47. The van der Waals surface area contributed by atoms with Crippen LogP contribution in [0.4, 0.5) is 16.3 Å². The maximum Gasteiger partial charge on any atom is 0.413 e. The summed E-state index contributed by atoms with van der Waals surface area (Å²) in [6, 6.07) is 0.790. The number of aromatic nitrogens is 1. The van der Waals surface area contributed by atoms with Crippen molar-refractivity contribution in [3.8, 4) is 0 Å². The highest BCUT2D eigenvalue weighted by atomic mass is 16.6. The van der Waals surface area contributed by atoms with Crippen molar-refractivity contribution in [3.63, 3.8) is 0 Å². The van der Waals surface area contributed by atoms with Crippen LogP contribution in [-0.4, -0.2) is 33.7 Å². The Labute approximate surface area is 106 Å². The third kappa shape index (κ3) is 3.77. The predicted molar refractivity (Wildman–Crippen MR) is 63.0 cm³/mol. The first-order valence-corrected chi connectivity index (χ1v) is 4.88. The Balaban J connectivity index is 3.00. The number of anilines is 1. The zero-order valence-electron chi connectivity index (χ0n) is 9.53. The van der Waals surface area contributed by atoms with Gasteiger partial charge in [-0.2, -0.15) is 0 Å². The Hall–Kier alpha value is -2.97. The van der Waals surface area contributed by atoms with E-state index in [4.69, 9.17) is 5.11 Å². The van der Waals surface area contributed by atoms with Gasteiger partial charge in [-0.05, 0) is 0 Å². The standard InChI is InChI=1S/C10H9N3O6/c1-2-3-19-10(16)12-8-7(13(17)18)4-6(5-11-8)9(14)15/h2,4-5H,1,3H2,(H,14,15)(H,11,12,16). The number of hydrogen-bond donors (Lipinski definition) is 2. The van der Waals surface area contributed by atoms with Crippen LogP contribution in [0.25, 0.3) is 0 Å². The summed E-state index contributed by atoms with van der Waals surface area (Å²) in [4.78, 5) is 35.3. The van der Waals surface area contributed by atoms with Gasteiger partial charge in [-0.1, -0.05) is 12.7 Å². The number of ether oxygens (including phenoxy) is 1. The van der Waals surface area contributed by atoms with Crippen LogP contribution in [0.15, 0.2) is 24.9 Å². The van der Waals surface area contributed by atoms with Crippen molar-refractivity contribution in [2.75, 3.05) is 11.9 Å². The van der Waals surface area contributed by atoms with Gasteiger partial charge in [0.2, 0.25) is 5.82 Å². The zero-order chi connectivity index (χ0) is 14.4. The maximum atomic E-state index is 11.2. The van der Waals surface area contributed by atoms with E-state index in [-0.39, 0.29) is 12.2 Å². The fourth-order valence-electron chi connectivity index (χ4n) is 1.07. The lowest BCUT2D eigenvalue weighted by molar-refractivity contribution is -0.384. The van der Waals surface area contributed by atoms with Gasteiger partial charge >= 0.3 is 17.7 Å². The monoisotopic (exact) mass is 267 g/mol. The zero-order valence-corrected chi connectivity index (χ0v) is 9.53. The van der Waals surface area contributed by atoms with Gasteiger partial charge in [0.1, 0.15) is 6.61 Å². The van der Waals surface area contributed by atoms with Crippen LogP contribution < -0.4 is 5.32 Å². The SMILES string of the molecule is C=CCOC(=O)Nc1ncc(C(=O)O)cc1[N+](=O)[O-]. The van der Waals surface area contributed by atoms with Crippen LogP contribution in [0.3, 0.4) is 0 Å². The maximum absolute atomic E-state index is 11.2. The Bertz CT molecular complexity index is 542. The molecule has 0 bridgehead atoms. The molecule has 0 unspecified atom stereocenters. The molecule has 1 rings (SSSR count). The average Bonchev–Trinajstić information content (AvgIpc) is 2.36. The van der Waals surface area contributed by atoms with Crippen LogP contribution in [-0.2, 0) is 4.74 Å². The van der Waals surface area contributed by atoms with Gasteiger partial charge in [-0.15, -0.1) is 0 Å². The lowest BCUT2D eigenvalue weighted by atomic mass is 10.2. The number of nitro groups is 1. The molecule has 0 radical (unpaired) electrons. The molecule has 0 aliphatic heterocycles. The second-order valence-corrected chi connectivity index (χ2v) is 3.17. The van der Waals surface area contributed by atoms with Crippen molar-refractivity contribution in [3.05, 3.63) is 40.6 Å². The first-order valence-electron chi connectivity index (χ1n) is 4.88. The first kappa shape index (κ1) is 14.1. The highest BCUT2D eigenvalue weighted by molar-refractivity contribution is 5.91. The second kappa shape index (κ2) is 6.10. The largest absolute Gasteiger partial charge is 0.478 e. The molecular weight excluding hydrogens is 258 g/mol. The quantitative estimate of drug-likeness (QED) is 0.468. The molecule has 0 aliphatic carbocycles. The number of amides is 1. The number of pyridine rings is 1. The molecule has 1 amide bonds. The molecule has 9 heteroatoms. The fraction of sp³-hybridized carbons (Fsp3) is 0.100. The van der Waals surface area contributed by atoms with E-state index < -0.39 is 28.5 Å². The number of carbonyl (C=O) groups excluding carboxylic acids is 1. The minimum atomic E-state index is -1.36. The molecular formula is C10H9N3O6. The van der Waals surface area contributed by atoms with Crippen LogP contribution >= 0.6 is 0 Å². The summed E-state index contributed by atoms with van der Waals surface area (Å²) in [6.45, 7) is 3.25. The number of carboxylic acids is 1. The van der Waals surface area contributed by atoms with Gasteiger partial charge in [0.15, 0.2) is 0 Å². The van der Waals surface area contributed by atoms with E-state index in [0.29, 0.717) is 0 Å². The van der Waals surface area contributed by atoms with E-state index in [0.717, 1.165) is 12.3 Å². The topological polar surface area (TPSA) is 132 Å². The summed E-state index contributed by atoms with van der Waals surface area (Å²) in [5.74, 6) is -1.76. The minimum absolute atomic E-state index is 0.0765. The number of carboxylic acid groups (broad SMARTS) is 1. The summed E-state index contributed by atoms with van der Waals surface area (Å²) in [6.07, 6.45) is 1.24. The highest BCUT2D eigenvalue weighted by Crippen LogP contribution is 2.22. The Morgan fingerprint density at radius 2 is 2.32 bits per heavy atom. The number of nitrogens with one attached hydrogen (secondary N) is 1. The van der Waals surface area contributed by atoms with E-state index in [1.807, 2.05) is 5.32 Å². The van der Waals surface area contributed by atoms with Crippen LogP contribution in [0, 0.1) is 10.1 Å². The van der Waals surface area contributed by atoms with Crippen LogP contribution in [0.1, 0.15) is 10.4 Å². The van der Waals surface area contributed by atoms with Crippen molar-refractivity contribution >= 4 is 23.6 Å². The lowest BCUT2D eigenvalue weighted by Crippen LogP contribution is -2.16. The van der Waals surface area contributed by atoms with E-state index in [1.165, 1.54) is 6.08 Å². The molecule has 9 nitrogen and oxygen atoms in total. The van der Waals surface area contributed by atoms with Crippen molar-refractivity contribution in [1.82, 2.24) is 4.98 Å². The minimum Gasteiger partial charge on any atom is -0.478 e. The van der Waals surface area contributed by atoms with E-state index in [2.05, 4.69) is 16.3 Å². The third-order valence-corrected chi connectivity index (χ3v) is 1.86. The molecule has 1 heterocycles. The Morgan fingerprint density at radius 3 is 2.84 bits per heavy atom. The number of carbonyl (C=O) groups is 2. The van der Waals surface area contributed by atoms with Gasteiger partial charge < -0.3 is 9.84 Å². The van der Waals surface area contributed by atoms with Crippen molar-refractivity contribution in [2.24, 2.45) is 0 Å².